The second-order valence-electron chi connectivity index (χ2n) is 3.47. The normalized spacial score (nSPS) is 10.5. The zero-order valence-corrected chi connectivity index (χ0v) is 8.91. The van der Waals surface area contributed by atoms with Crippen LogP contribution in [0.5, 0.6) is 0 Å². The third-order valence-electron chi connectivity index (χ3n) is 2.38. The molecule has 1 rings (SSSR count). The number of hydrogen-bond acceptors (Lipinski definition) is 2. The van der Waals surface area contributed by atoms with Gasteiger partial charge in [-0.3, -0.25) is 9.36 Å². The van der Waals surface area contributed by atoms with Crippen molar-refractivity contribution in [1.29, 1.82) is 0 Å². The highest BCUT2D eigenvalue weighted by atomic mass is 16.2. The van der Waals surface area contributed by atoms with Gasteiger partial charge in [0, 0.05) is 25.4 Å². The number of rotatable bonds is 3. The molecule has 1 aromatic heterocycles. The molecule has 0 radical (unpaired) electrons. The van der Waals surface area contributed by atoms with E-state index in [1.165, 1.54) is 15.2 Å². The lowest BCUT2D eigenvalue weighted by molar-refractivity contribution is 0.551. The summed E-state index contributed by atoms with van der Waals surface area (Å²) in [6.45, 7) is 4.30. The lowest BCUT2D eigenvalue weighted by Crippen LogP contribution is -2.39. The van der Waals surface area contributed by atoms with Gasteiger partial charge in [0.1, 0.15) is 0 Å². The molecule has 14 heavy (non-hydrogen) atoms. The SMILES string of the molecule is CCCCn1c(=O)cc(C)n(C)c1=O. The second kappa shape index (κ2) is 4.26. The van der Waals surface area contributed by atoms with Crippen LogP contribution < -0.4 is 11.2 Å². The zero-order valence-electron chi connectivity index (χ0n) is 8.91. The Bertz CT molecular complexity index is 429. The highest BCUT2D eigenvalue weighted by molar-refractivity contribution is 4.99. The summed E-state index contributed by atoms with van der Waals surface area (Å²) in [7, 11) is 1.68. The van der Waals surface area contributed by atoms with E-state index in [2.05, 4.69) is 0 Å². The van der Waals surface area contributed by atoms with Crippen molar-refractivity contribution >= 4 is 0 Å². The molecular formula is C10H16N2O2. The van der Waals surface area contributed by atoms with E-state index in [9.17, 15) is 9.59 Å². The van der Waals surface area contributed by atoms with Crippen molar-refractivity contribution in [2.45, 2.75) is 33.2 Å². The summed E-state index contributed by atoms with van der Waals surface area (Å²) in [4.78, 5) is 23.1. The van der Waals surface area contributed by atoms with Crippen LogP contribution >= 0.6 is 0 Å². The molecule has 0 fully saturated rings. The van der Waals surface area contributed by atoms with Crippen LogP contribution in [-0.4, -0.2) is 9.13 Å². The van der Waals surface area contributed by atoms with Gasteiger partial charge in [-0.25, -0.2) is 4.79 Å². The van der Waals surface area contributed by atoms with Crippen molar-refractivity contribution in [3.8, 4) is 0 Å². The van der Waals surface area contributed by atoms with E-state index in [1.807, 2.05) is 6.92 Å². The van der Waals surface area contributed by atoms with Gasteiger partial charge in [0.2, 0.25) is 0 Å². The molecule has 0 bridgehead atoms. The first-order valence-corrected chi connectivity index (χ1v) is 4.85. The van der Waals surface area contributed by atoms with E-state index in [4.69, 9.17) is 0 Å². The molecule has 0 atom stereocenters. The van der Waals surface area contributed by atoms with E-state index < -0.39 is 0 Å². The van der Waals surface area contributed by atoms with E-state index in [-0.39, 0.29) is 11.2 Å². The van der Waals surface area contributed by atoms with Crippen LogP contribution in [0.1, 0.15) is 25.5 Å². The van der Waals surface area contributed by atoms with Crippen LogP contribution in [0.25, 0.3) is 0 Å². The summed E-state index contributed by atoms with van der Waals surface area (Å²) in [6, 6.07) is 1.50. The maximum Gasteiger partial charge on any atom is 0.330 e. The summed E-state index contributed by atoms with van der Waals surface area (Å²) in [5, 5.41) is 0. The molecule has 1 aromatic rings. The number of aromatic nitrogens is 2. The molecular weight excluding hydrogens is 180 g/mol. The summed E-state index contributed by atoms with van der Waals surface area (Å²) >= 11 is 0. The van der Waals surface area contributed by atoms with Crippen LogP contribution in [-0.2, 0) is 13.6 Å². The lowest BCUT2D eigenvalue weighted by Gasteiger charge is -2.07. The van der Waals surface area contributed by atoms with E-state index >= 15 is 0 Å². The minimum atomic E-state index is -0.219. The molecule has 0 N–H and O–H groups in total. The molecule has 0 aliphatic rings. The van der Waals surface area contributed by atoms with Crippen LogP contribution in [0.2, 0.25) is 0 Å². The zero-order chi connectivity index (χ0) is 10.7. The van der Waals surface area contributed by atoms with Crippen molar-refractivity contribution in [3.63, 3.8) is 0 Å². The third-order valence-corrected chi connectivity index (χ3v) is 2.38. The molecule has 0 spiro atoms. The minimum absolute atomic E-state index is 0.195. The molecule has 0 amide bonds. The smallest absolute Gasteiger partial charge is 0.301 e. The predicted octanol–water partition coefficient (Wildman–Crippen LogP) is 0.656. The van der Waals surface area contributed by atoms with Gasteiger partial charge in [0.25, 0.3) is 5.56 Å². The molecule has 0 saturated carbocycles. The maximum absolute atomic E-state index is 11.6. The summed E-state index contributed by atoms with van der Waals surface area (Å²) in [5.41, 5.74) is 0.287. The molecule has 0 saturated heterocycles. The molecule has 0 aliphatic carbocycles. The fraction of sp³-hybridized carbons (Fsp3) is 0.600. The van der Waals surface area contributed by atoms with Gasteiger partial charge in [-0.05, 0) is 13.3 Å². The summed E-state index contributed by atoms with van der Waals surface area (Å²) < 4.78 is 2.79. The fourth-order valence-corrected chi connectivity index (χ4v) is 1.30. The number of nitrogens with zero attached hydrogens (tertiary/aromatic N) is 2. The molecule has 1 heterocycles. The number of hydrogen-bond donors (Lipinski definition) is 0. The Kier molecular flexibility index (Phi) is 3.28. The molecule has 4 nitrogen and oxygen atoms in total. The number of unbranched alkanes of at least 4 members (excludes halogenated alkanes) is 1. The Morgan fingerprint density at radius 3 is 2.57 bits per heavy atom. The molecule has 0 aliphatic heterocycles. The number of aryl methyl sites for hydroxylation is 1. The predicted molar refractivity (Wildman–Crippen MR) is 55.6 cm³/mol. The largest absolute Gasteiger partial charge is 0.330 e. The topological polar surface area (TPSA) is 44.0 Å². The van der Waals surface area contributed by atoms with Gasteiger partial charge in [0.05, 0.1) is 0 Å². The quantitative estimate of drug-likeness (QED) is 0.712. The van der Waals surface area contributed by atoms with Crippen molar-refractivity contribution in [2.24, 2.45) is 7.05 Å². The standard InChI is InChI=1S/C10H16N2O2/c1-4-5-6-12-9(13)7-8(2)11(3)10(12)14/h7H,4-6H2,1-3H3. The lowest BCUT2D eigenvalue weighted by atomic mass is 10.3. The minimum Gasteiger partial charge on any atom is -0.301 e. The third kappa shape index (κ3) is 1.95. The maximum atomic E-state index is 11.6. The van der Waals surface area contributed by atoms with Gasteiger partial charge in [-0.15, -0.1) is 0 Å². The van der Waals surface area contributed by atoms with Crippen LogP contribution in [0, 0.1) is 6.92 Å². The highest BCUT2D eigenvalue weighted by Crippen LogP contribution is 1.90. The average Bonchev–Trinajstić information content (AvgIpc) is 2.14. The van der Waals surface area contributed by atoms with Gasteiger partial charge < -0.3 is 4.57 Å². The molecule has 4 heteroatoms. The van der Waals surface area contributed by atoms with Crippen molar-refractivity contribution in [2.75, 3.05) is 0 Å². The first kappa shape index (κ1) is 10.8. The van der Waals surface area contributed by atoms with Gasteiger partial charge in [-0.1, -0.05) is 13.3 Å². The van der Waals surface area contributed by atoms with Crippen LogP contribution in [0.4, 0.5) is 0 Å². The second-order valence-corrected chi connectivity index (χ2v) is 3.47. The first-order valence-electron chi connectivity index (χ1n) is 4.85. The van der Waals surface area contributed by atoms with Gasteiger partial charge in [0.15, 0.2) is 0 Å². The Hall–Kier alpha value is -1.32. The van der Waals surface area contributed by atoms with Crippen molar-refractivity contribution < 1.29 is 0 Å². The highest BCUT2D eigenvalue weighted by Gasteiger charge is 2.04. The fourth-order valence-electron chi connectivity index (χ4n) is 1.30. The molecule has 78 valence electrons. The molecule has 0 aromatic carbocycles. The van der Waals surface area contributed by atoms with E-state index in [0.29, 0.717) is 12.2 Å². The Morgan fingerprint density at radius 2 is 2.00 bits per heavy atom. The van der Waals surface area contributed by atoms with Crippen molar-refractivity contribution in [3.05, 3.63) is 32.6 Å². The van der Waals surface area contributed by atoms with Gasteiger partial charge >= 0.3 is 5.69 Å². The van der Waals surface area contributed by atoms with Gasteiger partial charge in [-0.2, -0.15) is 0 Å². The van der Waals surface area contributed by atoms with Crippen LogP contribution in [0.3, 0.4) is 0 Å². The summed E-state index contributed by atoms with van der Waals surface area (Å²) in [6.07, 6.45) is 1.83. The monoisotopic (exact) mass is 196 g/mol. The Balaban J connectivity index is 3.23. The first-order chi connectivity index (χ1) is 6.57. The Labute approximate surface area is 82.8 Å². The Morgan fingerprint density at radius 1 is 1.36 bits per heavy atom. The van der Waals surface area contributed by atoms with E-state index in [0.717, 1.165) is 12.8 Å². The average molecular weight is 196 g/mol. The summed E-state index contributed by atoms with van der Waals surface area (Å²) in [5.74, 6) is 0. The molecule has 0 unspecified atom stereocenters. The van der Waals surface area contributed by atoms with Crippen molar-refractivity contribution in [1.82, 2.24) is 9.13 Å². The van der Waals surface area contributed by atoms with Crippen LogP contribution in [0.15, 0.2) is 15.7 Å². The van der Waals surface area contributed by atoms with E-state index in [1.54, 1.807) is 14.0 Å².